The molecule has 1 aromatic carbocycles. The number of hydrogen-bond donors (Lipinski definition) is 1. The van der Waals surface area contributed by atoms with Crippen molar-refractivity contribution in [2.75, 3.05) is 24.3 Å². The lowest BCUT2D eigenvalue weighted by molar-refractivity contribution is -0.133. The van der Waals surface area contributed by atoms with Crippen molar-refractivity contribution in [2.45, 2.75) is 65.5 Å². The van der Waals surface area contributed by atoms with Crippen molar-refractivity contribution in [1.82, 2.24) is 4.90 Å². The number of rotatable bonds is 8. The molecule has 0 saturated heterocycles. The van der Waals surface area contributed by atoms with E-state index in [0.29, 0.717) is 13.0 Å². The van der Waals surface area contributed by atoms with E-state index in [1.54, 1.807) is 0 Å². The van der Waals surface area contributed by atoms with Gasteiger partial charge in [-0.15, -0.1) is 0 Å². The van der Waals surface area contributed by atoms with Crippen LogP contribution in [0.4, 0.5) is 11.4 Å². The first-order valence-corrected chi connectivity index (χ1v) is 9.77. The van der Waals surface area contributed by atoms with Crippen LogP contribution in [0.3, 0.4) is 0 Å². The Bertz CT molecular complexity index is 638. The lowest BCUT2D eigenvalue weighted by Gasteiger charge is -2.30. The van der Waals surface area contributed by atoms with Crippen molar-refractivity contribution < 1.29 is 9.59 Å². The first kappa shape index (κ1) is 20.3. The highest BCUT2D eigenvalue weighted by molar-refractivity contribution is 5.93. The van der Waals surface area contributed by atoms with E-state index in [0.717, 1.165) is 42.6 Å². The summed E-state index contributed by atoms with van der Waals surface area (Å²) in [6.45, 7) is 6.65. The van der Waals surface area contributed by atoms with Gasteiger partial charge in [0.15, 0.2) is 0 Å². The van der Waals surface area contributed by atoms with E-state index in [1.807, 2.05) is 44.1 Å². The minimum Gasteiger partial charge on any atom is -0.377 e. The van der Waals surface area contributed by atoms with Gasteiger partial charge >= 0.3 is 0 Å². The molecule has 144 valence electrons. The molecule has 2 amide bonds. The number of anilines is 2. The Labute approximate surface area is 157 Å². The Balaban J connectivity index is 2.26. The van der Waals surface area contributed by atoms with E-state index in [2.05, 4.69) is 24.1 Å². The Morgan fingerprint density at radius 3 is 2.42 bits per heavy atom. The molecule has 1 aliphatic rings. The third-order valence-electron chi connectivity index (χ3n) is 5.39. The van der Waals surface area contributed by atoms with Crippen LogP contribution in [0.2, 0.25) is 0 Å². The number of hydrogen-bond acceptors (Lipinski definition) is 3. The normalized spacial score (nSPS) is 15.1. The molecular weight excluding hydrogens is 326 g/mol. The van der Waals surface area contributed by atoms with Gasteiger partial charge in [0.2, 0.25) is 11.8 Å². The van der Waals surface area contributed by atoms with Gasteiger partial charge in [-0.25, -0.2) is 0 Å². The molecule has 0 aromatic heterocycles. The number of amides is 2. The van der Waals surface area contributed by atoms with Crippen LogP contribution in [0.1, 0.15) is 58.4 Å². The Kier molecular flexibility index (Phi) is 7.06. The summed E-state index contributed by atoms with van der Waals surface area (Å²) in [5.74, 6) is 0.432. The summed E-state index contributed by atoms with van der Waals surface area (Å²) in [6, 6.07) is 6.18. The average Bonchev–Trinajstić information content (AvgIpc) is 2.56. The fraction of sp³-hybridized carbons (Fsp3) is 0.619. The van der Waals surface area contributed by atoms with Crippen LogP contribution < -0.4 is 10.2 Å². The fourth-order valence-corrected chi connectivity index (χ4v) is 3.24. The molecule has 26 heavy (non-hydrogen) atoms. The highest BCUT2D eigenvalue weighted by Gasteiger charge is 2.25. The van der Waals surface area contributed by atoms with Gasteiger partial charge in [-0.2, -0.15) is 0 Å². The molecule has 0 aliphatic heterocycles. The van der Waals surface area contributed by atoms with Crippen molar-refractivity contribution in [2.24, 2.45) is 5.92 Å². The molecule has 0 heterocycles. The standard InChI is InChI=1S/C21H33N3O2/c1-6-15(3)24(20(25)7-2)14-17-13-18(11-12-19(17)23(4)5)22-21(26)16-9-8-10-16/h11-13,15-16H,6-10,14H2,1-5H3,(H,22,26)/t15-/m0/s1. The molecule has 0 bridgehead atoms. The summed E-state index contributed by atoms with van der Waals surface area (Å²) in [5.41, 5.74) is 2.95. The Morgan fingerprint density at radius 2 is 1.92 bits per heavy atom. The second kappa shape index (κ2) is 9.06. The minimum absolute atomic E-state index is 0.114. The summed E-state index contributed by atoms with van der Waals surface area (Å²) in [6.07, 6.45) is 4.54. The molecule has 1 saturated carbocycles. The minimum atomic E-state index is 0.114. The first-order valence-electron chi connectivity index (χ1n) is 9.77. The van der Waals surface area contributed by atoms with Gasteiger partial charge in [0.25, 0.3) is 0 Å². The highest BCUT2D eigenvalue weighted by Crippen LogP contribution is 2.29. The summed E-state index contributed by atoms with van der Waals surface area (Å²) in [5, 5.41) is 3.05. The molecule has 0 radical (unpaired) electrons. The van der Waals surface area contributed by atoms with Crippen LogP contribution in [-0.4, -0.2) is 36.9 Å². The quantitative estimate of drug-likeness (QED) is 0.762. The summed E-state index contributed by atoms with van der Waals surface area (Å²) in [4.78, 5) is 28.7. The zero-order chi connectivity index (χ0) is 19.3. The van der Waals surface area contributed by atoms with Gasteiger partial charge < -0.3 is 15.1 Å². The second-order valence-electron chi connectivity index (χ2n) is 7.49. The van der Waals surface area contributed by atoms with Crippen LogP contribution in [0, 0.1) is 5.92 Å². The van der Waals surface area contributed by atoms with Gasteiger partial charge in [-0.3, -0.25) is 9.59 Å². The molecule has 1 atom stereocenters. The van der Waals surface area contributed by atoms with Crippen LogP contribution in [0.5, 0.6) is 0 Å². The number of nitrogens with zero attached hydrogens (tertiary/aromatic N) is 2. The zero-order valence-corrected chi connectivity index (χ0v) is 16.8. The zero-order valence-electron chi connectivity index (χ0n) is 16.8. The van der Waals surface area contributed by atoms with Crippen molar-refractivity contribution in [1.29, 1.82) is 0 Å². The number of benzene rings is 1. The second-order valence-corrected chi connectivity index (χ2v) is 7.49. The van der Waals surface area contributed by atoms with Crippen molar-refractivity contribution in [3.8, 4) is 0 Å². The maximum absolute atomic E-state index is 12.4. The predicted octanol–water partition coefficient (Wildman–Crippen LogP) is 4.03. The van der Waals surface area contributed by atoms with Crippen molar-refractivity contribution >= 4 is 23.2 Å². The van der Waals surface area contributed by atoms with Crippen LogP contribution in [0.15, 0.2) is 18.2 Å². The van der Waals surface area contributed by atoms with E-state index in [9.17, 15) is 9.59 Å². The van der Waals surface area contributed by atoms with E-state index >= 15 is 0 Å². The molecule has 5 nitrogen and oxygen atoms in total. The monoisotopic (exact) mass is 359 g/mol. The van der Waals surface area contributed by atoms with E-state index < -0.39 is 0 Å². The first-order chi connectivity index (χ1) is 12.4. The molecule has 1 fully saturated rings. The predicted molar refractivity (Wildman–Crippen MR) is 107 cm³/mol. The molecule has 1 aromatic rings. The average molecular weight is 360 g/mol. The van der Waals surface area contributed by atoms with Crippen molar-refractivity contribution in [3.05, 3.63) is 23.8 Å². The molecular formula is C21H33N3O2. The summed E-state index contributed by atoms with van der Waals surface area (Å²) >= 11 is 0. The maximum Gasteiger partial charge on any atom is 0.227 e. The molecule has 2 rings (SSSR count). The third kappa shape index (κ3) is 4.77. The summed E-state index contributed by atoms with van der Waals surface area (Å²) in [7, 11) is 4.00. The van der Waals surface area contributed by atoms with Crippen molar-refractivity contribution in [3.63, 3.8) is 0 Å². The molecule has 5 heteroatoms. The smallest absolute Gasteiger partial charge is 0.227 e. The molecule has 1 N–H and O–H groups in total. The Hall–Kier alpha value is -2.04. The van der Waals surface area contributed by atoms with Gasteiger partial charge in [0, 0.05) is 50.4 Å². The van der Waals surface area contributed by atoms with Crippen LogP contribution in [0.25, 0.3) is 0 Å². The van der Waals surface area contributed by atoms with Gasteiger partial charge in [0.1, 0.15) is 0 Å². The van der Waals surface area contributed by atoms with E-state index in [1.165, 1.54) is 0 Å². The largest absolute Gasteiger partial charge is 0.377 e. The maximum atomic E-state index is 12.4. The van der Waals surface area contributed by atoms with E-state index in [-0.39, 0.29) is 23.8 Å². The topological polar surface area (TPSA) is 52.7 Å². The van der Waals surface area contributed by atoms with Crippen LogP contribution >= 0.6 is 0 Å². The fourth-order valence-electron chi connectivity index (χ4n) is 3.24. The summed E-state index contributed by atoms with van der Waals surface area (Å²) < 4.78 is 0. The molecule has 1 aliphatic carbocycles. The van der Waals surface area contributed by atoms with Gasteiger partial charge in [-0.1, -0.05) is 20.3 Å². The number of carbonyl (C=O) groups excluding carboxylic acids is 2. The van der Waals surface area contributed by atoms with E-state index in [4.69, 9.17) is 0 Å². The van der Waals surface area contributed by atoms with Crippen LogP contribution in [-0.2, 0) is 16.1 Å². The number of nitrogens with one attached hydrogen (secondary N) is 1. The number of carbonyl (C=O) groups is 2. The molecule has 0 spiro atoms. The van der Waals surface area contributed by atoms with Gasteiger partial charge in [0.05, 0.1) is 0 Å². The highest BCUT2D eigenvalue weighted by atomic mass is 16.2. The van der Waals surface area contributed by atoms with Gasteiger partial charge in [-0.05, 0) is 49.9 Å². The lowest BCUT2D eigenvalue weighted by atomic mass is 9.85. The lowest BCUT2D eigenvalue weighted by Crippen LogP contribution is -2.37. The third-order valence-corrected chi connectivity index (χ3v) is 5.39. The SMILES string of the molecule is CCC(=O)N(Cc1cc(NC(=O)C2CCC2)ccc1N(C)C)[C@@H](C)CC. The Morgan fingerprint density at radius 1 is 1.23 bits per heavy atom. The molecule has 0 unspecified atom stereocenters.